The van der Waals surface area contributed by atoms with Crippen LogP contribution >= 0.6 is 21.2 Å². The van der Waals surface area contributed by atoms with Gasteiger partial charge >= 0.3 is 35.9 Å². The van der Waals surface area contributed by atoms with Crippen LogP contribution in [-0.4, -0.2) is 0 Å². The summed E-state index contributed by atoms with van der Waals surface area (Å²) in [4.78, 5) is 0. The Morgan fingerprint density at radius 1 is 1.33 bits per heavy atom. The van der Waals surface area contributed by atoms with E-state index >= 15 is 0 Å². The van der Waals surface area contributed by atoms with E-state index in [2.05, 4.69) is 35.1 Å². The van der Waals surface area contributed by atoms with E-state index in [1.54, 1.807) is 0 Å². The topological polar surface area (TPSA) is 0 Å². The summed E-state index contributed by atoms with van der Waals surface area (Å²) >= 11 is -0.486. The van der Waals surface area contributed by atoms with Crippen molar-refractivity contribution in [1.29, 1.82) is 0 Å². The summed E-state index contributed by atoms with van der Waals surface area (Å²) in [6.45, 7) is 4.25. The minimum absolute atomic E-state index is 0.486. The summed E-state index contributed by atoms with van der Waals surface area (Å²) in [6.07, 6.45) is 1.25. The average Bonchev–Trinajstić information content (AvgIpc) is 1.39. The molecule has 0 aliphatic rings. The predicted octanol–water partition coefficient (Wildman–Crippen LogP) is 2.17. The molecule has 0 radical (unpaired) electrons. The van der Waals surface area contributed by atoms with Crippen molar-refractivity contribution in [2.45, 2.75) is 20.3 Å². The molecule has 0 spiro atoms. The van der Waals surface area contributed by atoms with Gasteiger partial charge in [-0.1, -0.05) is 20.3 Å². The maximum atomic E-state index is 3.84. The Hall–Kier alpha value is 1.32. The molecule has 0 aromatic carbocycles. The monoisotopic (exact) mass is 174 g/mol. The molecule has 3 heteroatoms. The Kier molecular flexibility index (Phi) is 27.9. The van der Waals surface area contributed by atoms with Crippen molar-refractivity contribution < 1.29 is 14.7 Å². The van der Waals surface area contributed by atoms with E-state index in [-0.39, 0.29) is 0 Å². The molecule has 0 N–H and O–H groups in total. The fourth-order valence-electron chi connectivity index (χ4n) is 0. The summed E-state index contributed by atoms with van der Waals surface area (Å²) in [7, 11) is 7.68. The molecule has 6 heavy (non-hydrogen) atoms. The second-order valence-electron chi connectivity index (χ2n) is 0.849. The fourth-order valence-corrected chi connectivity index (χ4v) is 0. The van der Waals surface area contributed by atoms with Gasteiger partial charge in [-0.15, -0.1) is 0 Å². The molecule has 0 unspecified atom stereocenters. The van der Waals surface area contributed by atoms with Crippen molar-refractivity contribution in [2.24, 2.45) is 0 Å². The first-order valence-corrected chi connectivity index (χ1v) is 11.3. The molecule has 0 aliphatic heterocycles. The van der Waals surface area contributed by atoms with Crippen molar-refractivity contribution in [1.82, 2.24) is 0 Å². The minimum atomic E-state index is -0.486. The average molecular weight is 176 g/mol. The van der Waals surface area contributed by atoms with Crippen LogP contribution in [0.1, 0.15) is 20.3 Å². The molecule has 0 amide bonds. The zero-order valence-electron chi connectivity index (χ0n) is 4.31. The molecule has 0 aromatic heterocycles. The van der Waals surface area contributed by atoms with Crippen molar-refractivity contribution in [3.63, 3.8) is 0 Å². The van der Waals surface area contributed by atoms with Gasteiger partial charge in [0.2, 0.25) is 0 Å². The van der Waals surface area contributed by atoms with Crippen molar-refractivity contribution in [2.75, 3.05) is 0 Å². The van der Waals surface area contributed by atoms with Crippen LogP contribution in [0, 0.1) is 0 Å². The van der Waals surface area contributed by atoms with E-state index in [1.807, 2.05) is 0 Å². The molecule has 0 bridgehead atoms. The first kappa shape index (κ1) is 10.3. The molecule has 0 saturated heterocycles. The number of hydrogen-bond acceptors (Lipinski definition) is 2. The zero-order chi connectivity index (χ0) is 5.41. The quantitative estimate of drug-likeness (QED) is 0.409. The van der Waals surface area contributed by atoms with Crippen molar-refractivity contribution in [3.05, 3.63) is 0 Å². The molecule has 0 fully saturated rings. The van der Waals surface area contributed by atoms with E-state index in [4.69, 9.17) is 0 Å². The molecule has 0 rings (SSSR count). The Labute approximate surface area is 56.2 Å². The third kappa shape index (κ3) is 56.8. The first-order valence-electron chi connectivity index (χ1n) is 2.05. The van der Waals surface area contributed by atoms with E-state index in [9.17, 15) is 0 Å². The van der Waals surface area contributed by atoms with Crippen LogP contribution in [0.5, 0.6) is 0 Å². The summed E-state index contributed by atoms with van der Waals surface area (Å²) in [6, 6.07) is 0. The van der Waals surface area contributed by atoms with Gasteiger partial charge in [-0.25, -0.2) is 0 Å². The Bertz CT molecular complexity index is 10.8. The molecular weight excluding hydrogens is 166 g/mol. The molecular formula is C3H10S2Zn. The van der Waals surface area contributed by atoms with Gasteiger partial charge in [-0.05, 0) is 0 Å². The van der Waals surface area contributed by atoms with Gasteiger partial charge in [-0.3, -0.25) is 0 Å². The molecule has 36 valence electrons. The first-order chi connectivity index (χ1) is 2.83. The molecule has 0 nitrogen and oxygen atoms in total. The van der Waals surface area contributed by atoms with Gasteiger partial charge in [0.1, 0.15) is 0 Å². The van der Waals surface area contributed by atoms with Crippen LogP contribution in [0.15, 0.2) is 0 Å². The molecule has 0 saturated carbocycles. The molecule has 0 aromatic rings. The van der Waals surface area contributed by atoms with Crippen LogP contribution in [0.2, 0.25) is 0 Å². The SMILES string of the molecule is CCC.[SH][Zn][SH]. The molecule has 0 atom stereocenters. The number of thiol groups is 2. The van der Waals surface area contributed by atoms with Gasteiger partial charge in [-0.2, -0.15) is 0 Å². The Morgan fingerprint density at radius 3 is 1.33 bits per heavy atom. The van der Waals surface area contributed by atoms with Gasteiger partial charge < -0.3 is 0 Å². The number of hydrogen-bond donors (Lipinski definition) is 2. The third-order valence-electron chi connectivity index (χ3n) is 0. The van der Waals surface area contributed by atoms with Gasteiger partial charge in [0.25, 0.3) is 0 Å². The summed E-state index contributed by atoms with van der Waals surface area (Å²) in [5.74, 6) is 0. The van der Waals surface area contributed by atoms with E-state index in [1.165, 1.54) is 6.42 Å². The molecule has 0 heterocycles. The summed E-state index contributed by atoms with van der Waals surface area (Å²) in [5.41, 5.74) is 0. The summed E-state index contributed by atoms with van der Waals surface area (Å²) < 4.78 is 0. The third-order valence-corrected chi connectivity index (χ3v) is 0. The van der Waals surface area contributed by atoms with Crippen LogP contribution in [0.3, 0.4) is 0 Å². The Morgan fingerprint density at radius 2 is 1.33 bits per heavy atom. The van der Waals surface area contributed by atoms with E-state index in [0.29, 0.717) is 0 Å². The van der Waals surface area contributed by atoms with Gasteiger partial charge in [0, 0.05) is 0 Å². The van der Waals surface area contributed by atoms with Crippen LogP contribution in [0.4, 0.5) is 0 Å². The van der Waals surface area contributed by atoms with Crippen LogP contribution in [-0.2, 0) is 14.7 Å². The normalized spacial score (nSPS) is 4.67. The van der Waals surface area contributed by atoms with E-state index in [0.717, 1.165) is 0 Å². The number of rotatable bonds is 0. The second-order valence-corrected chi connectivity index (χ2v) is 7.32. The predicted molar refractivity (Wildman–Crippen MR) is 33.9 cm³/mol. The van der Waals surface area contributed by atoms with Crippen molar-refractivity contribution >= 4 is 21.2 Å². The second kappa shape index (κ2) is 16.2. The zero-order valence-corrected chi connectivity index (χ0v) is 9.06. The van der Waals surface area contributed by atoms with Crippen molar-refractivity contribution in [3.8, 4) is 0 Å². The van der Waals surface area contributed by atoms with Gasteiger partial charge in [0.05, 0.1) is 0 Å². The standard InChI is InChI=1S/C3H8.2H2S.Zn/c1-3-2;;;/h3H2,1-2H3;2*1H2;/q;;;+2/p-2. The Balaban J connectivity index is 0. The summed E-state index contributed by atoms with van der Waals surface area (Å²) in [5, 5.41) is 0. The van der Waals surface area contributed by atoms with E-state index < -0.39 is 14.7 Å². The molecule has 0 aliphatic carbocycles. The maximum absolute atomic E-state index is 3.84. The van der Waals surface area contributed by atoms with Crippen LogP contribution in [0.25, 0.3) is 0 Å². The van der Waals surface area contributed by atoms with Crippen LogP contribution < -0.4 is 0 Å². The fraction of sp³-hybridized carbons (Fsp3) is 1.00. The van der Waals surface area contributed by atoms with Gasteiger partial charge in [0.15, 0.2) is 0 Å².